The Hall–Kier alpha value is -1.27. The van der Waals surface area contributed by atoms with E-state index in [9.17, 15) is 0 Å². The smallest absolute Gasteiger partial charge is 0.102 e. The third kappa shape index (κ3) is 2.40. The number of nitrogens with zero attached hydrogens (tertiary/aromatic N) is 4. The van der Waals surface area contributed by atoms with Gasteiger partial charge in [-0.3, -0.25) is 4.98 Å². The van der Waals surface area contributed by atoms with Crippen LogP contribution in [-0.2, 0) is 12.1 Å². The minimum atomic E-state index is -0.439. The molecular weight excluding hydrogens is 210 g/mol. The minimum absolute atomic E-state index is 0.439. The lowest BCUT2D eigenvalue weighted by Gasteiger charge is -2.13. The number of rotatable bonds is 3. The molecule has 0 fully saturated rings. The largest absolute Gasteiger partial charge is 0.320 e. The molecule has 80 valence electrons. The van der Waals surface area contributed by atoms with Crippen LogP contribution in [0.4, 0.5) is 0 Å². The highest BCUT2D eigenvalue weighted by molar-refractivity contribution is 7.09. The molecule has 0 aliphatic carbocycles. The van der Waals surface area contributed by atoms with Crippen molar-refractivity contribution >= 4 is 11.3 Å². The molecule has 0 atom stereocenters. The Morgan fingerprint density at radius 2 is 2.33 bits per heavy atom. The molecule has 0 saturated heterocycles. The third-order valence-electron chi connectivity index (χ3n) is 2.00. The van der Waals surface area contributed by atoms with E-state index >= 15 is 0 Å². The molecule has 0 spiro atoms. The monoisotopic (exact) mass is 223 g/mol. The highest BCUT2D eigenvalue weighted by atomic mass is 32.1. The molecule has 2 heterocycles. The molecule has 0 radical (unpaired) electrons. The molecule has 5 nitrogen and oxygen atoms in total. The van der Waals surface area contributed by atoms with E-state index in [4.69, 9.17) is 5.73 Å². The Bertz CT molecular complexity index is 426. The third-order valence-corrected chi connectivity index (χ3v) is 2.76. The first kappa shape index (κ1) is 10.3. The first-order valence-electron chi connectivity index (χ1n) is 4.62. The number of hydrogen-bond acceptors (Lipinski definition) is 5. The zero-order valence-corrected chi connectivity index (χ0v) is 9.53. The SMILES string of the molecule is CC(C)(N)c1cn(Cc2cncs2)nn1. The van der Waals surface area contributed by atoms with Crippen LogP contribution < -0.4 is 5.73 Å². The van der Waals surface area contributed by atoms with Crippen molar-refractivity contribution in [2.45, 2.75) is 25.9 Å². The van der Waals surface area contributed by atoms with Gasteiger partial charge < -0.3 is 5.73 Å². The van der Waals surface area contributed by atoms with Gasteiger partial charge in [-0.2, -0.15) is 0 Å². The molecule has 2 N–H and O–H groups in total. The van der Waals surface area contributed by atoms with E-state index in [1.54, 1.807) is 21.5 Å². The lowest BCUT2D eigenvalue weighted by molar-refractivity contribution is 0.533. The van der Waals surface area contributed by atoms with Gasteiger partial charge in [-0.15, -0.1) is 16.4 Å². The second-order valence-electron chi connectivity index (χ2n) is 3.99. The number of thiazole rings is 1. The van der Waals surface area contributed by atoms with Crippen LogP contribution in [0.1, 0.15) is 24.4 Å². The van der Waals surface area contributed by atoms with Crippen molar-refractivity contribution in [1.29, 1.82) is 0 Å². The Morgan fingerprint density at radius 3 is 2.87 bits per heavy atom. The van der Waals surface area contributed by atoms with Crippen molar-refractivity contribution in [2.24, 2.45) is 5.73 Å². The molecule has 0 unspecified atom stereocenters. The highest BCUT2D eigenvalue weighted by Gasteiger charge is 2.18. The van der Waals surface area contributed by atoms with Crippen LogP contribution in [0.25, 0.3) is 0 Å². The molecule has 6 heteroatoms. The van der Waals surface area contributed by atoms with Crippen LogP contribution in [0, 0.1) is 0 Å². The average molecular weight is 223 g/mol. The predicted octanol–water partition coefficient (Wildman–Crippen LogP) is 0.977. The molecule has 15 heavy (non-hydrogen) atoms. The summed E-state index contributed by atoms with van der Waals surface area (Å²) in [6, 6.07) is 0. The Kier molecular flexibility index (Phi) is 2.54. The van der Waals surface area contributed by atoms with Crippen molar-refractivity contribution in [3.05, 3.63) is 28.5 Å². The van der Waals surface area contributed by atoms with E-state index in [0.29, 0.717) is 6.54 Å². The van der Waals surface area contributed by atoms with Crippen LogP contribution in [0.3, 0.4) is 0 Å². The molecule has 0 aliphatic heterocycles. The maximum Gasteiger partial charge on any atom is 0.102 e. The second kappa shape index (κ2) is 3.71. The fourth-order valence-corrected chi connectivity index (χ4v) is 1.74. The molecule has 2 aromatic rings. The van der Waals surface area contributed by atoms with Gasteiger partial charge in [-0.05, 0) is 13.8 Å². The summed E-state index contributed by atoms with van der Waals surface area (Å²) in [5.74, 6) is 0. The van der Waals surface area contributed by atoms with Gasteiger partial charge in [0.1, 0.15) is 5.69 Å². The standard InChI is InChI=1S/C9H13N5S/c1-9(2,10)8-5-14(13-12-8)4-7-3-11-6-15-7/h3,5-6H,4,10H2,1-2H3. The molecule has 2 aromatic heterocycles. The Balaban J connectivity index is 2.15. The Labute approximate surface area is 91.9 Å². The van der Waals surface area contributed by atoms with Crippen molar-refractivity contribution < 1.29 is 0 Å². The van der Waals surface area contributed by atoms with Gasteiger partial charge in [-0.1, -0.05) is 5.21 Å². The summed E-state index contributed by atoms with van der Waals surface area (Å²) >= 11 is 1.60. The average Bonchev–Trinajstić information content (AvgIpc) is 2.73. The summed E-state index contributed by atoms with van der Waals surface area (Å²) in [7, 11) is 0. The topological polar surface area (TPSA) is 69.6 Å². The second-order valence-corrected chi connectivity index (χ2v) is 4.96. The lowest BCUT2D eigenvalue weighted by Crippen LogP contribution is -2.29. The van der Waals surface area contributed by atoms with Crippen LogP contribution in [0.5, 0.6) is 0 Å². The van der Waals surface area contributed by atoms with Crippen LogP contribution in [0.15, 0.2) is 17.9 Å². The molecule has 0 amide bonds. The summed E-state index contributed by atoms with van der Waals surface area (Å²) in [6.07, 6.45) is 3.71. The zero-order valence-electron chi connectivity index (χ0n) is 8.71. The van der Waals surface area contributed by atoms with E-state index < -0.39 is 5.54 Å². The van der Waals surface area contributed by atoms with Gasteiger partial charge in [0.15, 0.2) is 0 Å². The predicted molar refractivity (Wildman–Crippen MR) is 58.5 cm³/mol. The fraction of sp³-hybridized carbons (Fsp3) is 0.444. The first-order chi connectivity index (χ1) is 7.05. The number of hydrogen-bond donors (Lipinski definition) is 1. The zero-order chi connectivity index (χ0) is 10.9. The normalized spacial score (nSPS) is 11.9. The lowest BCUT2D eigenvalue weighted by atomic mass is 10.0. The van der Waals surface area contributed by atoms with E-state index in [0.717, 1.165) is 10.6 Å². The number of aromatic nitrogens is 4. The molecule has 0 aliphatic rings. The highest BCUT2D eigenvalue weighted by Crippen LogP contribution is 2.14. The Morgan fingerprint density at radius 1 is 1.53 bits per heavy atom. The summed E-state index contributed by atoms with van der Waals surface area (Å²) in [5, 5.41) is 8.06. The van der Waals surface area contributed by atoms with Gasteiger partial charge in [0.2, 0.25) is 0 Å². The minimum Gasteiger partial charge on any atom is -0.320 e. The quantitative estimate of drug-likeness (QED) is 0.842. The number of nitrogens with two attached hydrogens (primary N) is 1. The molecule has 0 aromatic carbocycles. The summed E-state index contributed by atoms with van der Waals surface area (Å²) < 4.78 is 1.78. The molecule has 2 rings (SSSR count). The molecular formula is C9H13N5S. The van der Waals surface area contributed by atoms with Gasteiger partial charge in [0.05, 0.1) is 23.8 Å². The summed E-state index contributed by atoms with van der Waals surface area (Å²) in [5.41, 5.74) is 8.08. The van der Waals surface area contributed by atoms with Crippen LogP contribution in [0.2, 0.25) is 0 Å². The maximum atomic E-state index is 5.92. The fourth-order valence-electron chi connectivity index (χ4n) is 1.15. The van der Waals surface area contributed by atoms with Gasteiger partial charge in [0, 0.05) is 11.1 Å². The van der Waals surface area contributed by atoms with Crippen molar-refractivity contribution in [3.63, 3.8) is 0 Å². The van der Waals surface area contributed by atoms with Crippen LogP contribution in [-0.4, -0.2) is 20.0 Å². The summed E-state index contributed by atoms with van der Waals surface area (Å²) in [4.78, 5) is 5.16. The van der Waals surface area contributed by atoms with E-state index in [1.165, 1.54) is 0 Å². The van der Waals surface area contributed by atoms with Crippen molar-refractivity contribution in [2.75, 3.05) is 0 Å². The van der Waals surface area contributed by atoms with E-state index in [2.05, 4.69) is 15.3 Å². The van der Waals surface area contributed by atoms with Crippen molar-refractivity contribution in [3.8, 4) is 0 Å². The van der Waals surface area contributed by atoms with Crippen LogP contribution >= 0.6 is 11.3 Å². The summed E-state index contributed by atoms with van der Waals surface area (Å²) in [6.45, 7) is 4.52. The first-order valence-corrected chi connectivity index (χ1v) is 5.50. The molecule has 0 saturated carbocycles. The van der Waals surface area contributed by atoms with E-state index in [-0.39, 0.29) is 0 Å². The van der Waals surface area contributed by atoms with Crippen molar-refractivity contribution in [1.82, 2.24) is 20.0 Å². The van der Waals surface area contributed by atoms with Gasteiger partial charge in [0.25, 0.3) is 0 Å². The molecule has 0 bridgehead atoms. The maximum absolute atomic E-state index is 5.92. The van der Waals surface area contributed by atoms with Gasteiger partial charge >= 0.3 is 0 Å². The van der Waals surface area contributed by atoms with Gasteiger partial charge in [-0.25, -0.2) is 4.68 Å². The van der Waals surface area contributed by atoms with E-state index in [1.807, 2.05) is 26.2 Å².